The molecule has 0 fully saturated rings. The van der Waals surface area contributed by atoms with E-state index < -0.39 is 16.6 Å². The normalized spacial score (nSPS) is 10.3. The number of aromatic nitrogens is 1. The lowest BCUT2D eigenvalue weighted by Crippen LogP contribution is -2.05. The molecule has 0 aliphatic rings. The van der Waals surface area contributed by atoms with Gasteiger partial charge in [-0.2, -0.15) is 0 Å². The van der Waals surface area contributed by atoms with Gasteiger partial charge in [-0.3, -0.25) is 10.1 Å². The third-order valence-corrected chi connectivity index (χ3v) is 2.68. The predicted octanol–water partition coefficient (Wildman–Crippen LogP) is 3.53. The summed E-state index contributed by atoms with van der Waals surface area (Å²) in [4.78, 5) is 14.0. The van der Waals surface area contributed by atoms with Crippen LogP contribution < -0.4 is 5.32 Å². The molecule has 0 aliphatic carbocycles. The average Bonchev–Trinajstić information content (AvgIpc) is 2.41. The molecular formula is C12H8ClF2N3O2. The highest BCUT2D eigenvalue weighted by Gasteiger charge is 2.15. The number of halogens is 3. The Bertz CT molecular complexity index is 667. The lowest BCUT2D eigenvalue weighted by atomic mass is 10.2. The molecule has 0 spiro atoms. The predicted molar refractivity (Wildman–Crippen MR) is 69.6 cm³/mol. The quantitative estimate of drug-likeness (QED) is 0.692. The minimum absolute atomic E-state index is 0.00383. The highest BCUT2D eigenvalue weighted by atomic mass is 35.5. The number of benzene rings is 1. The minimum atomic E-state index is -0.983. The Kier molecular flexibility index (Phi) is 4.09. The van der Waals surface area contributed by atoms with Gasteiger partial charge in [0.15, 0.2) is 11.6 Å². The summed E-state index contributed by atoms with van der Waals surface area (Å²) in [6.07, 6.45) is 1.25. The molecule has 1 aromatic carbocycles. The first-order chi connectivity index (χ1) is 9.47. The van der Waals surface area contributed by atoms with Gasteiger partial charge in [0.25, 0.3) is 0 Å². The maximum absolute atomic E-state index is 13.0. The molecule has 2 rings (SSSR count). The smallest absolute Gasteiger partial charge is 0.312 e. The van der Waals surface area contributed by atoms with Crippen LogP contribution in [0.25, 0.3) is 0 Å². The molecule has 1 heterocycles. The van der Waals surface area contributed by atoms with Crippen LogP contribution in [0.3, 0.4) is 0 Å². The number of hydrogen-bond acceptors (Lipinski definition) is 4. The summed E-state index contributed by atoms with van der Waals surface area (Å²) in [6, 6.07) is 4.51. The van der Waals surface area contributed by atoms with Crippen LogP contribution in [0.5, 0.6) is 0 Å². The Labute approximate surface area is 117 Å². The van der Waals surface area contributed by atoms with Crippen molar-refractivity contribution in [3.05, 3.63) is 62.8 Å². The second kappa shape index (κ2) is 5.79. The second-order valence-electron chi connectivity index (χ2n) is 3.88. The molecule has 0 aliphatic heterocycles. The Morgan fingerprint density at radius 3 is 2.70 bits per heavy atom. The van der Waals surface area contributed by atoms with Gasteiger partial charge in [0.1, 0.15) is 0 Å². The van der Waals surface area contributed by atoms with Gasteiger partial charge < -0.3 is 5.32 Å². The molecule has 20 heavy (non-hydrogen) atoms. The molecule has 1 aromatic heterocycles. The Morgan fingerprint density at radius 2 is 2.05 bits per heavy atom. The Morgan fingerprint density at radius 1 is 1.30 bits per heavy atom. The number of rotatable bonds is 4. The molecule has 0 saturated heterocycles. The fourth-order valence-electron chi connectivity index (χ4n) is 1.54. The summed E-state index contributed by atoms with van der Waals surface area (Å²) >= 11 is 5.63. The van der Waals surface area contributed by atoms with E-state index in [1.807, 2.05) is 0 Å². The zero-order valence-electron chi connectivity index (χ0n) is 9.94. The monoisotopic (exact) mass is 299 g/mol. The Balaban J connectivity index is 2.18. The standard InChI is InChI=1S/C12H8ClF2N3O2/c13-8-4-11(18(19)20)12(17-6-8)16-5-7-1-2-9(14)10(15)3-7/h1-4,6H,5H2,(H,16,17). The van der Waals surface area contributed by atoms with Crippen molar-refractivity contribution in [2.45, 2.75) is 6.54 Å². The number of nitro groups is 1. The molecule has 0 saturated carbocycles. The Hall–Kier alpha value is -2.28. The van der Waals surface area contributed by atoms with Crippen molar-refractivity contribution in [1.29, 1.82) is 0 Å². The maximum atomic E-state index is 13.0. The molecule has 5 nitrogen and oxygen atoms in total. The van der Waals surface area contributed by atoms with Gasteiger partial charge in [-0.25, -0.2) is 13.8 Å². The third-order valence-electron chi connectivity index (χ3n) is 2.47. The van der Waals surface area contributed by atoms with E-state index >= 15 is 0 Å². The first-order valence-corrected chi connectivity index (χ1v) is 5.83. The lowest BCUT2D eigenvalue weighted by molar-refractivity contribution is -0.384. The van der Waals surface area contributed by atoms with Crippen LogP contribution in [-0.2, 0) is 6.54 Å². The van der Waals surface area contributed by atoms with Crippen molar-refractivity contribution in [1.82, 2.24) is 4.98 Å². The molecule has 0 amide bonds. The molecule has 2 aromatic rings. The van der Waals surface area contributed by atoms with E-state index in [2.05, 4.69) is 10.3 Å². The van der Waals surface area contributed by atoms with Crippen molar-refractivity contribution in [2.75, 3.05) is 5.32 Å². The molecule has 0 bridgehead atoms. The van der Waals surface area contributed by atoms with E-state index in [0.717, 1.165) is 18.2 Å². The SMILES string of the molecule is O=[N+]([O-])c1cc(Cl)cnc1NCc1ccc(F)c(F)c1. The molecule has 104 valence electrons. The lowest BCUT2D eigenvalue weighted by Gasteiger charge is -2.06. The van der Waals surface area contributed by atoms with Gasteiger partial charge in [-0.1, -0.05) is 17.7 Å². The van der Waals surface area contributed by atoms with Crippen molar-refractivity contribution in [2.24, 2.45) is 0 Å². The molecule has 0 radical (unpaired) electrons. The fourth-order valence-corrected chi connectivity index (χ4v) is 1.69. The van der Waals surface area contributed by atoms with Crippen molar-refractivity contribution in [3.63, 3.8) is 0 Å². The van der Waals surface area contributed by atoms with Crippen LogP contribution in [0.15, 0.2) is 30.5 Å². The number of anilines is 1. The van der Waals surface area contributed by atoms with E-state index in [0.29, 0.717) is 5.56 Å². The number of pyridine rings is 1. The summed E-state index contributed by atoms with van der Waals surface area (Å²) in [5, 5.41) is 13.7. The number of nitrogens with one attached hydrogen (secondary N) is 1. The summed E-state index contributed by atoms with van der Waals surface area (Å²) in [5.41, 5.74) is 0.134. The van der Waals surface area contributed by atoms with Crippen LogP contribution in [0.2, 0.25) is 5.02 Å². The first-order valence-electron chi connectivity index (χ1n) is 5.45. The van der Waals surface area contributed by atoms with Gasteiger partial charge in [-0.15, -0.1) is 0 Å². The van der Waals surface area contributed by atoms with E-state index in [1.165, 1.54) is 12.3 Å². The molecular weight excluding hydrogens is 292 g/mol. The average molecular weight is 300 g/mol. The van der Waals surface area contributed by atoms with Gasteiger partial charge in [-0.05, 0) is 17.7 Å². The summed E-state index contributed by atoms with van der Waals surface area (Å²) in [6.45, 7) is 0.0622. The van der Waals surface area contributed by atoms with Crippen LogP contribution in [0, 0.1) is 21.7 Å². The molecule has 0 unspecified atom stereocenters. The van der Waals surface area contributed by atoms with Crippen LogP contribution in [0.1, 0.15) is 5.56 Å². The molecule has 1 N–H and O–H groups in total. The van der Waals surface area contributed by atoms with Gasteiger partial charge in [0.2, 0.25) is 5.82 Å². The van der Waals surface area contributed by atoms with Gasteiger partial charge in [0, 0.05) is 18.8 Å². The summed E-state index contributed by atoms with van der Waals surface area (Å²) in [7, 11) is 0. The second-order valence-corrected chi connectivity index (χ2v) is 4.32. The van der Waals surface area contributed by atoms with Crippen LogP contribution >= 0.6 is 11.6 Å². The van der Waals surface area contributed by atoms with Gasteiger partial charge >= 0.3 is 5.69 Å². The zero-order chi connectivity index (χ0) is 14.7. The first kappa shape index (κ1) is 14.1. The van der Waals surface area contributed by atoms with Crippen LogP contribution in [0.4, 0.5) is 20.3 Å². The summed E-state index contributed by atoms with van der Waals surface area (Å²) in [5.74, 6) is -1.93. The van der Waals surface area contributed by atoms with E-state index in [-0.39, 0.29) is 23.1 Å². The number of hydrogen-bond donors (Lipinski definition) is 1. The largest absolute Gasteiger partial charge is 0.360 e. The minimum Gasteiger partial charge on any atom is -0.360 e. The molecule has 8 heteroatoms. The van der Waals surface area contributed by atoms with Crippen molar-refractivity contribution in [3.8, 4) is 0 Å². The summed E-state index contributed by atoms with van der Waals surface area (Å²) < 4.78 is 25.8. The van der Waals surface area contributed by atoms with Crippen molar-refractivity contribution >= 4 is 23.1 Å². The van der Waals surface area contributed by atoms with Crippen molar-refractivity contribution < 1.29 is 13.7 Å². The fraction of sp³-hybridized carbons (Fsp3) is 0.0833. The van der Waals surface area contributed by atoms with Gasteiger partial charge in [0.05, 0.1) is 9.95 Å². The topological polar surface area (TPSA) is 68.1 Å². The maximum Gasteiger partial charge on any atom is 0.312 e. The van der Waals surface area contributed by atoms with E-state index in [9.17, 15) is 18.9 Å². The highest BCUT2D eigenvalue weighted by Crippen LogP contribution is 2.25. The number of nitrogens with zero attached hydrogens (tertiary/aromatic N) is 2. The van der Waals surface area contributed by atoms with E-state index in [1.54, 1.807) is 0 Å². The third kappa shape index (κ3) is 3.18. The highest BCUT2D eigenvalue weighted by molar-refractivity contribution is 6.30. The van der Waals surface area contributed by atoms with E-state index in [4.69, 9.17) is 11.6 Å². The zero-order valence-corrected chi connectivity index (χ0v) is 10.7. The van der Waals surface area contributed by atoms with Crippen LogP contribution in [-0.4, -0.2) is 9.91 Å². The molecule has 0 atom stereocenters.